The average Bonchev–Trinajstić information content (AvgIpc) is 2.48. The predicted octanol–water partition coefficient (Wildman–Crippen LogP) is 2.12. The molecule has 132 valence electrons. The van der Waals surface area contributed by atoms with Gasteiger partial charge in [0.1, 0.15) is 0 Å². The van der Waals surface area contributed by atoms with E-state index in [0.717, 1.165) is 5.56 Å². The quantitative estimate of drug-likeness (QED) is 0.443. The summed E-state index contributed by atoms with van der Waals surface area (Å²) in [6.45, 7) is 7.47. The monoisotopic (exact) mass is 337 g/mol. The molecule has 0 aliphatic rings. The fourth-order valence-electron chi connectivity index (χ4n) is 2.03. The number of nitro groups is 1. The Balaban J connectivity index is 2.77. The number of non-ortho nitro benzene ring substituents is 1. The summed E-state index contributed by atoms with van der Waals surface area (Å²) in [5, 5.41) is 13.5. The predicted molar refractivity (Wildman–Crippen MR) is 89.8 cm³/mol. The zero-order valence-corrected chi connectivity index (χ0v) is 14.4. The SMILES string of the molecule is CCOC(=O)CN(CC(=O)Nc1cc([N+](=O)[O-])ccc1C)C(C)C. The Morgan fingerprint density at radius 2 is 2.00 bits per heavy atom. The Kier molecular flexibility index (Phi) is 7.31. The van der Waals surface area contributed by atoms with E-state index in [9.17, 15) is 19.7 Å². The van der Waals surface area contributed by atoms with Crippen molar-refractivity contribution in [1.29, 1.82) is 0 Å². The first-order valence-electron chi connectivity index (χ1n) is 7.69. The molecule has 1 aromatic carbocycles. The molecule has 8 heteroatoms. The van der Waals surface area contributed by atoms with Crippen LogP contribution in [-0.4, -0.2) is 47.4 Å². The van der Waals surface area contributed by atoms with Gasteiger partial charge in [-0.3, -0.25) is 24.6 Å². The standard InChI is InChI=1S/C16H23N3O5/c1-5-24-16(21)10-18(11(2)3)9-15(20)17-14-8-13(19(22)23)7-6-12(14)4/h6-8,11H,5,9-10H2,1-4H3,(H,17,20). The summed E-state index contributed by atoms with van der Waals surface area (Å²) in [7, 11) is 0. The molecule has 0 aliphatic carbocycles. The fraction of sp³-hybridized carbons (Fsp3) is 0.500. The molecule has 0 atom stereocenters. The van der Waals surface area contributed by atoms with E-state index >= 15 is 0 Å². The van der Waals surface area contributed by atoms with Gasteiger partial charge >= 0.3 is 5.97 Å². The van der Waals surface area contributed by atoms with Gasteiger partial charge in [0.05, 0.1) is 30.3 Å². The minimum Gasteiger partial charge on any atom is -0.465 e. The van der Waals surface area contributed by atoms with E-state index < -0.39 is 10.9 Å². The number of amides is 1. The lowest BCUT2D eigenvalue weighted by Gasteiger charge is -2.24. The summed E-state index contributed by atoms with van der Waals surface area (Å²) >= 11 is 0. The molecule has 1 N–H and O–H groups in total. The van der Waals surface area contributed by atoms with Crippen molar-refractivity contribution < 1.29 is 19.2 Å². The Morgan fingerprint density at radius 1 is 1.33 bits per heavy atom. The summed E-state index contributed by atoms with van der Waals surface area (Å²) in [6.07, 6.45) is 0. The lowest BCUT2D eigenvalue weighted by atomic mass is 10.2. The molecule has 0 unspecified atom stereocenters. The first-order valence-corrected chi connectivity index (χ1v) is 7.69. The van der Waals surface area contributed by atoms with Crippen LogP contribution in [0.5, 0.6) is 0 Å². The molecule has 0 saturated carbocycles. The number of carbonyl (C=O) groups is 2. The van der Waals surface area contributed by atoms with Crippen LogP contribution in [0.2, 0.25) is 0 Å². The molecule has 0 aliphatic heterocycles. The van der Waals surface area contributed by atoms with Gasteiger partial charge in [0.2, 0.25) is 5.91 Å². The molecule has 0 radical (unpaired) electrons. The Labute approximate surface area is 140 Å². The molecule has 1 rings (SSSR count). The number of hydrogen-bond donors (Lipinski definition) is 1. The van der Waals surface area contributed by atoms with Crippen LogP contribution in [-0.2, 0) is 14.3 Å². The zero-order chi connectivity index (χ0) is 18.3. The van der Waals surface area contributed by atoms with Gasteiger partial charge in [-0.1, -0.05) is 6.07 Å². The summed E-state index contributed by atoms with van der Waals surface area (Å²) in [4.78, 5) is 35.8. The molecule has 1 aromatic rings. The van der Waals surface area contributed by atoms with Gasteiger partial charge in [-0.2, -0.15) is 0 Å². The molecule has 0 fully saturated rings. The van der Waals surface area contributed by atoms with E-state index in [-0.39, 0.29) is 37.3 Å². The van der Waals surface area contributed by atoms with Crippen LogP contribution in [0.4, 0.5) is 11.4 Å². The van der Waals surface area contributed by atoms with Crippen molar-refractivity contribution in [2.45, 2.75) is 33.7 Å². The number of nitrogens with one attached hydrogen (secondary N) is 1. The Bertz CT molecular complexity index is 616. The van der Waals surface area contributed by atoms with Gasteiger partial charge < -0.3 is 10.1 Å². The Morgan fingerprint density at radius 3 is 2.54 bits per heavy atom. The van der Waals surface area contributed by atoms with Gasteiger partial charge in [-0.05, 0) is 33.3 Å². The second kappa shape index (κ2) is 8.97. The van der Waals surface area contributed by atoms with Crippen molar-refractivity contribution >= 4 is 23.3 Å². The van der Waals surface area contributed by atoms with Crippen LogP contribution in [0.1, 0.15) is 26.3 Å². The highest BCUT2D eigenvalue weighted by Crippen LogP contribution is 2.21. The number of hydrogen-bond acceptors (Lipinski definition) is 6. The van der Waals surface area contributed by atoms with Crippen molar-refractivity contribution in [3.8, 4) is 0 Å². The molecule has 0 heterocycles. The maximum atomic E-state index is 12.2. The van der Waals surface area contributed by atoms with Crippen LogP contribution in [0.15, 0.2) is 18.2 Å². The van der Waals surface area contributed by atoms with Crippen molar-refractivity contribution in [2.75, 3.05) is 25.0 Å². The molecule has 24 heavy (non-hydrogen) atoms. The number of rotatable bonds is 8. The van der Waals surface area contributed by atoms with E-state index in [1.165, 1.54) is 12.1 Å². The summed E-state index contributed by atoms with van der Waals surface area (Å²) in [5.74, 6) is -0.748. The number of nitrogens with zero attached hydrogens (tertiary/aromatic N) is 2. The molecule has 0 saturated heterocycles. The second-order valence-electron chi connectivity index (χ2n) is 5.61. The summed E-state index contributed by atoms with van der Waals surface area (Å²) in [6, 6.07) is 4.24. The van der Waals surface area contributed by atoms with Gasteiger partial charge in [-0.25, -0.2) is 0 Å². The van der Waals surface area contributed by atoms with E-state index in [1.807, 2.05) is 13.8 Å². The van der Waals surface area contributed by atoms with Crippen LogP contribution >= 0.6 is 0 Å². The number of nitro benzene ring substituents is 1. The number of aryl methyl sites for hydroxylation is 1. The second-order valence-corrected chi connectivity index (χ2v) is 5.61. The summed E-state index contributed by atoms with van der Waals surface area (Å²) < 4.78 is 4.90. The number of esters is 1. The van der Waals surface area contributed by atoms with Crippen molar-refractivity contribution in [3.05, 3.63) is 33.9 Å². The van der Waals surface area contributed by atoms with Gasteiger partial charge in [-0.15, -0.1) is 0 Å². The lowest BCUT2D eigenvalue weighted by molar-refractivity contribution is -0.384. The smallest absolute Gasteiger partial charge is 0.320 e. The van der Waals surface area contributed by atoms with Gasteiger partial charge in [0, 0.05) is 18.2 Å². The normalized spacial score (nSPS) is 10.8. The van der Waals surface area contributed by atoms with Crippen molar-refractivity contribution in [1.82, 2.24) is 4.90 Å². The number of anilines is 1. The van der Waals surface area contributed by atoms with E-state index in [1.54, 1.807) is 24.8 Å². The minimum absolute atomic E-state index is 0.00679. The van der Waals surface area contributed by atoms with E-state index in [4.69, 9.17) is 4.74 Å². The summed E-state index contributed by atoms with van der Waals surface area (Å²) in [5.41, 5.74) is 1.01. The highest BCUT2D eigenvalue weighted by Gasteiger charge is 2.19. The zero-order valence-electron chi connectivity index (χ0n) is 14.4. The maximum absolute atomic E-state index is 12.2. The molecular weight excluding hydrogens is 314 g/mol. The molecule has 0 aromatic heterocycles. The van der Waals surface area contributed by atoms with Gasteiger partial charge in [0.15, 0.2) is 0 Å². The number of ether oxygens (including phenoxy) is 1. The van der Waals surface area contributed by atoms with Crippen LogP contribution < -0.4 is 5.32 Å². The average molecular weight is 337 g/mol. The van der Waals surface area contributed by atoms with E-state index in [0.29, 0.717) is 5.69 Å². The molecule has 0 spiro atoms. The molecule has 0 bridgehead atoms. The number of benzene rings is 1. The number of carbonyl (C=O) groups excluding carboxylic acids is 2. The van der Waals surface area contributed by atoms with Gasteiger partial charge in [0.25, 0.3) is 5.69 Å². The topological polar surface area (TPSA) is 102 Å². The van der Waals surface area contributed by atoms with Crippen molar-refractivity contribution in [2.24, 2.45) is 0 Å². The minimum atomic E-state index is -0.518. The first-order chi connectivity index (χ1) is 11.2. The highest BCUT2D eigenvalue weighted by atomic mass is 16.6. The molecular formula is C16H23N3O5. The first kappa shape index (κ1) is 19.6. The van der Waals surface area contributed by atoms with Crippen LogP contribution in [0, 0.1) is 17.0 Å². The van der Waals surface area contributed by atoms with Crippen molar-refractivity contribution in [3.63, 3.8) is 0 Å². The highest BCUT2D eigenvalue weighted by molar-refractivity contribution is 5.93. The third-order valence-corrected chi connectivity index (χ3v) is 3.42. The Hall–Kier alpha value is -2.48. The molecule has 8 nitrogen and oxygen atoms in total. The third-order valence-electron chi connectivity index (χ3n) is 3.42. The van der Waals surface area contributed by atoms with Crippen LogP contribution in [0.3, 0.4) is 0 Å². The molecule has 1 amide bonds. The van der Waals surface area contributed by atoms with E-state index in [2.05, 4.69) is 5.32 Å². The lowest BCUT2D eigenvalue weighted by Crippen LogP contribution is -2.41. The third kappa shape index (κ3) is 5.96. The fourth-order valence-corrected chi connectivity index (χ4v) is 2.03. The van der Waals surface area contributed by atoms with Crippen LogP contribution in [0.25, 0.3) is 0 Å². The largest absolute Gasteiger partial charge is 0.465 e. The maximum Gasteiger partial charge on any atom is 0.320 e.